The number of hydrogen-bond acceptors (Lipinski definition) is 5. The molecule has 0 aliphatic rings. The molecule has 2 aromatic rings. The maximum atomic E-state index is 9.19. The van der Waals surface area contributed by atoms with Crippen LogP contribution in [0, 0.1) is 0 Å². The SMILES string of the molecule is COCCN(CCO)Cc1cn(C)nc1-c1ccncc1. The molecule has 0 spiro atoms. The van der Waals surface area contributed by atoms with E-state index < -0.39 is 0 Å². The summed E-state index contributed by atoms with van der Waals surface area (Å²) in [5.41, 5.74) is 3.14. The number of rotatable bonds is 8. The van der Waals surface area contributed by atoms with E-state index in [1.165, 1.54) is 0 Å². The van der Waals surface area contributed by atoms with Crippen molar-refractivity contribution in [2.24, 2.45) is 7.05 Å². The van der Waals surface area contributed by atoms with Crippen molar-refractivity contribution in [2.75, 3.05) is 33.4 Å². The Bertz CT molecular complexity index is 542. The van der Waals surface area contributed by atoms with E-state index in [4.69, 9.17) is 4.74 Å². The highest BCUT2D eigenvalue weighted by Crippen LogP contribution is 2.22. The van der Waals surface area contributed by atoms with Crippen molar-refractivity contribution in [3.63, 3.8) is 0 Å². The van der Waals surface area contributed by atoms with Gasteiger partial charge in [0, 0.05) is 63.5 Å². The second kappa shape index (κ2) is 7.87. The first-order chi connectivity index (χ1) is 10.2. The topological polar surface area (TPSA) is 63.4 Å². The van der Waals surface area contributed by atoms with E-state index >= 15 is 0 Å². The zero-order chi connectivity index (χ0) is 15.1. The molecular formula is C15H22N4O2. The molecule has 0 aliphatic heterocycles. The molecule has 21 heavy (non-hydrogen) atoms. The van der Waals surface area contributed by atoms with Crippen LogP contribution in [0.15, 0.2) is 30.7 Å². The number of aliphatic hydroxyl groups excluding tert-OH is 1. The average molecular weight is 290 g/mol. The summed E-state index contributed by atoms with van der Waals surface area (Å²) in [5, 5.41) is 13.7. The molecule has 0 fully saturated rings. The number of pyridine rings is 1. The van der Waals surface area contributed by atoms with Gasteiger partial charge in [0.1, 0.15) is 0 Å². The van der Waals surface area contributed by atoms with Gasteiger partial charge >= 0.3 is 0 Å². The number of hydrogen-bond donors (Lipinski definition) is 1. The molecule has 2 rings (SSSR count). The Morgan fingerprint density at radius 3 is 2.71 bits per heavy atom. The number of aromatic nitrogens is 3. The number of aryl methyl sites for hydroxylation is 1. The number of nitrogens with zero attached hydrogens (tertiary/aromatic N) is 4. The lowest BCUT2D eigenvalue weighted by molar-refractivity contribution is 0.127. The van der Waals surface area contributed by atoms with Gasteiger partial charge in [-0.25, -0.2) is 0 Å². The molecular weight excluding hydrogens is 268 g/mol. The Labute approximate surface area is 125 Å². The van der Waals surface area contributed by atoms with Crippen molar-refractivity contribution >= 4 is 0 Å². The molecule has 6 heteroatoms. The minimum atomic E-state index is 0.133. The Balaban J connectivity index is 2.19. The van der Waals surface area contributed by atoms with Crippen molar-refractivity contribution in [3.05, 3.63) is 36.3 Å². The number of aliphatic hydroxyl groups is 1. The van der Waals surface area contributed by atoms with E-state index in [0.717, 1.165) is 29.9 Å². The zero-order valence-electron chi connectivity index (χ0n) is 12.6. The fourth-order valence-corrected chi connectivity index (χ4v) is 2.28. The minimum absolute atomic E-state index is 0.133. The highest BCUT2D eigenvalue weighted by molar-refractivity contribution is 5.61. The van der Waals surface area contributed by atoms with Crippen molar-refractivity contribution in [2.45, 2.75) is 6.54 Å². The summed E-state index contributed by atoms with van der Waals surface area (Å²) in [5.74, 6) is 0. The molecule has 0 unspecified atom stereocenters. The van der Waals surface area contributed by atoms with E-state index in [9.17, 15) is 5.11 Å². The van der Waals surface area contributed by atoms with Crippen LogP contribution < -0.4 is 0 Å². The first kappa shape index (κ1) is 15.6. The fourth-order valence-electron chi connectivity index (χ4n) is 2.28. The summed E-state index contributed by atoms with van der Waals surface area (Å²) < 4.78 is 6.94. The molecule has 0 atom stereocenters. The second-order valence-corrected chi connectivity index (χ2v) is 4.91. The summed E-state index contributed by atoms with van der Waals surface area (Å²) in [6.45, 7) is 2.91. The first-order valence-electron chi connectivity index (χ1n) is 6.99. The van der Waals surface area contributed by atoms with Gasteiger partial charge in [-0.3, -0.25) is 14.6 Å². The third-order valence-electron chi connectivity index (χ3n) is 3.28. The predicted octanol–water partition coefficient (Wildman–Crippen LogP) is 0.923. The van der Waals surface area contributed by atoms with Crippen LogP contribution in [0.3, 0.4) is 0 Å². The third-order valence-corrected chi connectivity index (χ3v) is 3.28. The molecule has 6 nitrogen and oxygen atoms in total. The molecule has 2 heterocycles. The average Bonchev–Trinajstić information content (AvgIpc) is 2.86. The highest BCUT2D eigenvalue weighted by Gasteiger charge is 2.13. The summed E-state index contributed by atoms with van der Waals surface area (Å²) in [6, 6.07) is 3.91. The molecule has 0 amide bonds. The lowest BCUT2D eigenvalue weighted by atomic mass is 10.1. The van der Waals surface area contributed by atoms with Crippen molar-refractivity contribution in [3.8, 4) is 11.3 Å². The third kappa shape index (κ3) is 4.35. The molecule has 1 N–H and O–H groups in total. The molecule has 0 radical (unpaired) electrons. The van der Waals surface area contributed by atoms with Crippen LogP contribution in [-0.4, -0.2) is 58.2 Å². The zero-order valence-corrected chi connectivity index (χ0v) is 12.6. The van der Waals surface area contributed by atoms with E-state index in [1.54, 1.807) is 19.5 Å². The Kier molecular flexibility index (Phi) is 5.86. The standard InChI is InChI=1S/C15H22N4O2/c1-18-11-14(12-19(7-9-20)8-10-21-2)15(17-18)13-3-5-16-6-4-13/h3-6,11,20H,7-10,12H2,1-2H3. The molecule has 114 valence electrons. The van der Waals surface area contributed by atoms with Gasteiger partial charge in [-0.15, -0.1) is 0 Å². The highest BCUT2D eigenvalue weighted by atomic mass is 16.5. The molecule has 0 saturated carbocycles. The summed E-state index contributed by atoms with van der Waals surface area (Å²) in [6.07, 6.45) is 5.56. The van der Waals surface area contributed by atoms with Crippen molar-refractivity contribution < 1.29 is 9.84 Å². The van der Waals surface area contributed by atoms with Gasteiger partial charge in [0.25, 0.3) is 0 Å². The van der Waals surface area contributed by atoms with E-state index in [0.29, 0.717) is 13.2 Å². The maximum absolute atomic E-state index is 9.19. The van der Waals surface area contributed by atoms with Gasteiger partial charge in [0.2, 0.25) is 0 Å². The normalized spacial score (nSPS) is 11.2. The molecule has 0 saturated heterocycles. The Morgan fingerprint density at radius 2 is 2.05 bits per heavy atom. The monoisotopic (exact) mass is 290 g/mol. The minimum Gasteiger partial charge on any atom is -0.395 e. The van der Waals surface area contributed by atoms with Crippen LogP contribution in [0.25, 0.3) is 11.3 Å². The number of methoxy groups -OCH3 is 1. The fraction of sp³-hybridized carbons (Fsp3) is 0.467. The van der Waals surface area contributed by atoms with Crippen LogP contribution in [0.5, 0.6) is 0 Å². The first-order valence-corrected chi connectivity index (χ1v) is 6.99. The Hall–Kier alpha value is -1.76. The van der Waals surface area contributed by atoms with Crippen molar-refractivity contribution in [1.29, 1.82) is 0 Å². The van der Waals surface area contributed by atoms with Crippen LogP contribution in [0.1, 0.15) is 5.56 Å². The molecule has 0 aromatic carbocycles. The van der Waals surface area contributed by atoms with E-state index in [2.05, 4.69) is 15.0 Å². The van der Waals surface area contributed by atoms with Gasteiger partial charge in [0.15, 0.2) is 0 Å². The van der Waals surface area contributed by atoms with Crippen LogP contribution >= 0.6 is 0 Å². The Morgan fingerprint density at radius 1 is 1.29 bits per heavy atom. The van der Waals surface area contributed by atoms with E-state index in [-0.39, 0.29) is 6.61 Å². The quantitative estimate of drug-likeness (QED) is 0.783. The van der Waals surface area contributed by atoms with Crippen LogP contribution in [0.4, 0.5) is 0 Å². The van der Waals surface area contributed by atoms with Gasteiger partial charge in [0.05, 0.1) is 18.9 Å². The second-order valence-electron chi connectivity index (χ2n) is 4.91. The number of ether oxygens (including phenoxy) is 1. The lowest BCUT2D eigenvalue weighted by Crippen LogP contribution is -2.29. The predicted molar refractivity (Wildman–Crippen MR) is 80.7 cm³/mol. The smallest absolute Gasteiger partial charge is 0.0969 e. The molecule has 0 aliphatic carbocycles. The van der Waals surface area contributed by atoms with Gasteiger partial charge < -0.3 is 9.84 Å². The summed E-state index contributed by atoms with van der Waals surface area (Å²) in [7, 11) is 3.60. The van der Waals surface area contributed by atoms with E-state index in [1.807, 2.05) is 30.1 Å². The molecule has 2 aromatic heterocycles. The van der Waals surface area contributed by atoms with Gasteiger partial charge in [-0.2, -0.15) is 5.10 Å². The summed E-state index contributed by atoms with van der Waals surface area (Å²) in [4.78, 5) is 6.20. The van der Waals surface area contributed by atoms with Crippen LogP contribution in [0.2, 0.25) is 0 Å². The van der Waals surface area contributed by atoms with Crippen molar-refractivity contribution in [1.82, 2.24) is 19.7 Å². The maximum Gasteiger partial charge on any atom is 0.0969 e. The largest absolute Gasteiger partial charge is 0.395 e. The van der Waals surface area contributed by atoms with Gasteiger partial charge in [-0.05, 0) is 12.1 Å². The lowest BCUT2D eigenvalue weighted by Gasteiger charge is -2.20. The summed E-state index contributed by atoms with van der Waals surface area (Å²) >= 11 is 0. The van der Waals surface area contributed by atoms with Crippen LogP contribution in [-0.2, 0) is 18.3 Å². The van der Waals surface area contributed by atoms with Gasteiger partial charge in [-0.1, -0.05) is 0 Å². The molecule has 0 bridgehead atoms.